The molecule has 0 bridgehead atoms. The molecular weight excluding hydrogens is 353 g/mol. The van der Waals surface area contributed by atoms with E-state index >= 15 is 0 Å². The Balaban J connectivity index is 0.000000437. The molecule has 2 aromatic heterocycles. The Kier molecular flexibility index (Phi) is 6.24. The van der Waals surface area contributed by atoms with Gasteiger partial charge in [-0.1, -0.05) is 0 Å². The first kappa shape index (κ1) is 14.2. The van der Waals surface area contributed by atoms with Crippen LogP contribution in [0.1, 0.15) is 0 Å². The molecule has 0 aliphatic heterocycles. The fourth-order valence-corrected chi connectivity index (χ4v) is 1.11. The van der Waals surface area contributed by atoms with Gasteiger partial charge in [-0.2, -0.15) is 0 Å². The van der Waals surface area contributed by atoms with Crippen LogP contribution in [0.4, 0.5) is 11.4 Å². The van der Waals surface area contributed by atoms with Gasteiger partial charge in [0.15, 0.2) is 0 Å². The minimum atomic E-state index is -0.106. The summed E-state index contributed by atoms with van der Waals surface area (Å²) in [5.74, 6) is 0. The van der Waals surface area contributed by atoms with E-state index in [1.165, 1.54) is 0 Å². The average molecular weight is 364 g/mol. The molecule has 0 saturated carbocycles. The molecule has 4 nitrogen and oxygen atoms in total. The van der Waals surface area contributed by atoms with Gasteiger partial charge < -0.3 is 11.5 Å². The fourth-order valence-electron chi connectivity index (χ4n) is 1.11. The Morgan fingerprint density at radius 1 is 0.824 bits per heavy atom. The van der Waals surface area contributed by atoms with Crippen molar-refractivity contribution in [3.05, 3.63) is 36.7 Å². The van der Waals surface area contributed by atoms with Crippen LogP contribution < -0.4 is 11.5 Å². The van der Waals surface area contributed by atoms with Crippen LogP contribution in [-0.4, -0.2) is 9.97 Å². The van der Waals surface area contributed by atoms with E-state index in [9.17, 15) is 0 Å². The topological polar surface area (TPSA) is 77.8 Å². The first-order chi connectivity index (χ1) is 8.17. The zero-order chi connectivity index (χ0) is 12.7. The zero-order valence-corrected chi connectivity index (χ0v) is 11.7. The van der Waals surface area contributed by atoms with Crippen LogP contribution in [0.3, 0.4) is 0 Å². The first-order valence-electron chi connectivity index (χ1n) is 4.43. The van der Waals surface area contributed by atoms with Crippen LogP contribution in [0.5, 0.6) is 0 Å². The number of halogens is 2. The molecule has 0 aromatic carbocycles. The quantitative estimate of drug-likeness (QED) is 0.764. The molecule has 2 heterocycles. The van der Waals surface area contributed by atoms with E-state index in [1.807, 2.05) is 12.1 Å². The van der Waals surface area contributed by atoms with E-state index in [0.29, 0.717) is 11.4 Å². The average Bonchev–Trinajstić information content (AvgIpc) is 2.32. The van der Waals surface area contributed by atoms with Crippen LogP contribution in [0.15, 0.2) is 36.7 Å². The van der Waals surface area contributed by atoms with Gasteiger partial charge in [0.25, 0.3) is 0 Å². The summed E-state index contributed by atoms with van der Waals surface area (Å²) in [7, 11) is 9.63. The number of pyridine rings is 2. The van der Waals surface area contributed by atoms with Crippen molar-refractivity contribution in [1.29, 1.82) is 0 Å². The van der Waals surface area contributed by atoms with Gasteiger partial charge in [0.2, 0.25) is 0 Å². The summed E-state index contributed by atoms with van der Waals surface area (Å²) in [4.78, 5) is 8.30. The van der Waals surface area contributed by atoms with Crippen LogP contribution in [0.2, 0.25) is 0 Å². The predicted octanol–water partition coefficient (Wildman–Crippen LogP) is 2.68. The molecule has 4 N–H and O–H groups in total. The van der Waals surface area contributed by atoms with Crippen molar-refractivity contribution in [3.8, 4) is 11.4 Å². The maximum atomic E-state index is 5.53. The molecule has 0 amide bonds. The molecule has 2 rings (SSSR count). The van der Waals surface area contributed by atoms with Crippen molar-refractivity contribution in [3.63, 3.8) is 0 Å². The second-order valence-electron chi connectivity index (χ2n) is 3.00. The SMILES string of the molecule is Nc1ccc(-c2ccc(N)cn2)nc1.[Cl][Pd][Cl]. The molecule has 17 heavy (non-hydrogen) atoms. The van der Waals surface area contributed by atoms with Crippen molar-refractivity contribution in [1.82, 2.24) is 9.97 Å². The second kappa shape index (κ2) is 7.46. The van der Waals surface area contributed by atoms with Crippen LogP contribution in [0, 0.1) is 0 Å². The molecule has 0 saturated heterocycles. The number of anilines is 2. The molecule has 0 radical (unpaired) electrons. The van der Waals surface area contributed by atoms with Gasteiger partial charge in [0.05, 0.1) is 35.2 Å². The van der Waals surface area contributed by atoms with Gasteiger partial charge in [-0.3, -0.25) is 9.97 Å². The molecule has 0 aliphatic carbocycles. The molecule has 0 atom stereocenters. The Bertz CT molecular complexity index is 403. The number of hydrogen-bond donors (Lipinski definition) is 2. The number of aromatic nitrogens is 2. The fraction of sp³-hybridized carbons (Fsp3) is 0. The number of nitrogens with zero attached hydrogens (tertiary/aromatic N) is 2. The summed E-state index contributed by atoms with van der Waals surface area (Å²) in [6.45, 7) is 0. The van der Waals surface area contributed by atoms with E-state index in [-0.39, 0.29) is 15.9 Å². The molecule has 0 fully saturated rings. The summed E-state index contributed by atoms with van der Waals surface area (Å²) in [5, 5.41) is 0. The van der Waals surface area contributed by atoms with Crippen LogP contribution in [0.25, 0.3) is 11.4 Å². The van der Waals surface area contributed by atoms with Gasteiger partial charge in [0.1, 0.15) is 0 Å². The summed E-state index contributed by atoms with van der Waals surface area (Å²) in [5.41, 5.74) is 13.9. The van der Waals surface area contributed by atoms with E-state index in [1.54, 1.807) is 24.5 Å². The van der Waals surface area contributed by atoms with E-state index in [2.05, 4.69) is 9.97 Å². The van der Waals surface area contributed by atoms with Crippen molar-refractivity contribution >= 4 is 30.4 Å². The van der Waals surface area contributed by atoms with Gasteiger partial charge in [0, 0.05) is 0 Å². The van der Waals surface area contributed by atoms with E-state index in [4.69, 9.17) is 30.5 Å². The molecule has 2 aromatic rings. The predicted molar refractivity (Wildman–Crippen MR) is 68.0 cm³/mol. The van der Waals surface area contributed by atoms with Gasteiger partial charge in [-0.15, -0.1) is 0 Å². The Hall–Kier alpha value is -0.858. The van der Waals surface area contributed by atoms with Crippen molar-refractivity contribution in [2.45, 2.75) is 0 Å². The summed E-state index contributed by atoms with van der Waals surface area (Å²) in [6, 6.07) is 7.24. The molecule has 94 valence electrons. The standard InChI is InChI=1S/C10H10N4.2ClH.Pd/c11-7-1-3-9(13-5-7)10-4-2-8(12)6-14-10;;;/h1-6H,11-12H2;2*1H;/q;;;+2/p-2. The van der Waals surface area contributed by atoms with Gasteiger partial charge in [-0.25, -0.2) is 0 Å². The summed E-state index contributed by atoms with van der Waals surface area (Å²) in [6.07, 6.45) is 3.21. The summed E-state index contributed by atoms with van der Waals surface area (Å²) < 4.78 is 0. The summed E-state index contributed by atoms with van der Waals surface area (Å²) >= 11 is -0.106. The van der Waals surface area contributed by atoms with E-state index in [0.717, 1.165) is 11.4 Å². The number of rotatable bonds is 1. The second-order valence-corrected chi connectivity index (χ2v) is 5.36. The Morgan fingerprint density at radius 2 is 1.18 bits per heavy atom. The Labute approximate surface area is 115 Å². The number of nitrogens with two attached hydrogens (primary N) is 2. The van der Waals surface area contributed by atoms with E-state index < -0.39 is 0 Å². The zero-order valence-electron chi connectivity index (χ0n) is 8.59. The van der Waals surface area contributed by atoms with Crippen molar-refractivity contribution in [2.75, 3.05) is 11.5 Å². The third kappa shape index (κ3) is 4.88. The van der Waals surface area contributed by atoms with Gasteiger partial charge >= 0.3 is 35.0 Å². The normalized spacial score (nSPS) is 9.53. The molecular formula is C10H10Cl2N4Pd. The van der Waals surface area contributed by atoms with Gasteiger partial charge in [-0.05, 0) is 24.3 Å². The van der Waals surface area contributed by atoms with Crippen LogP contribution >= 0.6 is 19.1 Å². The molecule has 0 unspecified atom stereocenters. The molecule has 0 aliphatic rings. The monoisotopic (exact) mass is 362 g/mol. The Morgan fingerprint density at radius 3 is 1.41 bits per heavy atom. The third-order valence-corrected chi connectivity index (χ3v) is 1.84. The van der Waals surface area contributed by atoms with Crippen LogP contribution in [-0.2, 0) is 15.9 Å². The third-order valence-electron chi connectivity index (χ3n) is 1.84. The maximum absolute atomic E-state index is 5.53. The minimum absolute atomic E-state index is 0.106. The number of nitrogen functional groups attached to an aromatic ring is 2. The first-order valence-corrected chi connectivity index (χ1v) is 8.43. The molecule has 7 heteroatoms. The van der Waals surface area contributed by atoms with Crippen molar-refractivity contribution in [2.24, 2.45) is 0 Å². The molecule has 0 spiro atoms. The number of hydrogen-bond acceptors (Lipinski definition) is 4. The van der Waals surface area contributed by atoms with Crippen molar-refractivity contribution < 1.29 is 15.9 Å².